The van der Waals surface area contributed by atoms with E-state index in [1.165, 1.54) is 0 Å². The summed E-state index contributed by atoms with van der Waals surface area (Å²) in [5, 5.41) is 2.88. The molecule has 3 heterocycles. The van der Waals surface area contributed by atoms with Crippen LogP contribution in [-0.2, 0) is 9.47 Å². The van der Waals surface area contributed by atoms with Gasteiger partial charge in [0, 0.05) is 0 Å². The summed E-state index contributed by atoms with van der Waals surface area (Å²) in [6.45, 7) is 2.13. The van der Waals surface area contributed by atoms with Gasteiger partial charge in [0.15, 0.2) is 12.1 Å². The molecule has 2 atom stereocenters. The number of hydrogen-bond acceptors (Lipinski definition) is 8. The van der Waals surface area contributed by atoms with Crippen LogP contribution in [0.1, 0.15) is 0 Å². The zero-order chi connectivity index (χ0) is 13.4. The molecule has 0 aliphatic carbocycles. The number of nitrogens with one attached hydrogen (secondary N) is 2. The van der Waals surface area contributed by atoms with Crippen LogP contribution in [0.25, 0.3) is 0 Å². The number of nitrogens with zero attached hydrogens (tertiary/aromatic N) is 2. The molecule has 0 saturated carbocycles. The number of ether oxygens (including phenoxy) is 2. The minimum Gasteiger partial charge on any atom is -0.376 e. The maximum absolute atomic E-state index is 11.7. The van der Waals surface area contributed by atoms with Gasteiger partial charge in [0.25, 0.3) is 5.56 Å². The average molecular weight is 341 g/mol. The van der Waals surface area contributed by atoms with Crippen LogP contribution in [0.5, 0.6) is 0 Å². The standard InChI is InChI=1S/C10H16N6O3.2ClH/c11-9-14-7-6(8(17)15-9)13-10(12)16(7)3-5-4-18-1-2-19-5;;/h5,10,13H,1-4,12H2,(H3,11,14,15,17);2*1H. The number of halogens is 2. The Kier molecular flexibility index (Phi) is 6.05. The molecule has 1 aromatic rings. The van der Waals surface area contributed by atoms with E-state index in [9.17, 15) is 4.79 Å². The van der Waals surface area contributed by atoms with Crippen molar-refractivity contribution in [3.63, 3.8) is 0 Å². The van der Waals surface area contributed by atoms with E-state index < -0.39 is 6.29 Å². The van der Waals surface area contributed by atoms with Crippen molar-refractivity contribution < 1.29 is 9.47 Å². The van der Waals surface area contributed by atoms with Gasteiger partial charge in [-0.25, -0.2) is 0 Å². The summed E-state index contributed by atoms with van der Waals surface area (Å²) in [6, 6.07) is 0. The molecular formula is C10H18Cl2N6O3. The van der Waals surface area contributed by atoms with Gasteiger partial charge in [-0.15, -0.1) is 24.8 Å². The largest absolute Gasteiger partial charge is 0.376 e. The fraction of sp³-hybridized carbons (Fsp3) is 0.600. The van der Waals surface area contributed by atoms with Gasteiger partial charge in [-0.05, 0) is 0 Å². The Morgan fingerprint density at radius 3 is 2.81 bits per heavy atom. The van der Waals surface area contributed by atoms with Crippen LogP contribution >= 0.6 is 24.8 Å². The number of rotatable bonds is 2. The van der Waals surface area contributed by atoms with E-state index in [0.29, 0.717) is 37.9 Å². The third-order valence-electron chi connectivity index (χ3n) is 3.10. The first-order valence-electron chi connectivity index (χ1n) is 6.03. The highest BCUT2D eigenvalue weighted by Crippen LogP contribution is 2.28. The van der Waals surface area contributed by atoms with Crippen molar-refractivity contribution in [2.75, 3.05) is 42.3 Å². The average Bonchev–Trinajstić information content (AvgIpc) is 2.69. The Hall–Kier alpha value is -1.26. The third-order valence-corrected chi connectivity index (χ3v) is 3.10. The molecule has 1 saturated heterocycles. The van der Waals surface area contributed by atoms with E-state index in [2.05, 4.69) is 15.3 Å². The molecule has 21 heavy (non-hydrogen) atoms. The molecule has 1 aromatic heterocycles. The Labute approximate surface area is 133 Å². The lowest BCUT2D eigenvalue weighted by atomic mass is 10.3. The molecular weight excluding hydrogens is 323 g/mol. The predicted octanol–water partition coefficient (Wildman–Crippen LogP) is -0.915. The molecule has 2 unspecified atom stereocenters. The first kappa shape index (κ1) is 17.8. The van der Waals surface area contributed by atoms with Crippen LogP contribution in [0.2, 0.25) is 0 Å². The van der Waals surface area contributed by atoms with E-state index in [-0.39, 0.29) is 42.4 Å². The maximum Gasteiger partial charge on any atom is 0.277 e. The molecule has 120 valence electrons. The van der Waals surface area contributed by atoms with Crippen molar-refractivity contribution in [1.29, 1.82) is 0 Å². The molecule has 0 aromatic carbocycles. The Morgan fingerprint density at radius 2 is 2.14 bits per heavy atom. The van der Waals surface area contributed by atoms with E-state index in [0.717, 1.165) is 0 Å². The summed E-state index contributed by atoms with van der Waals surface area (Å²) in [7, 11) is 0. The number of aromatic nitrogens is 2. The van der Waals surface area contributed by atoms with Crippen LogP contribution < -0.4 is 27.2 Å². The van der Waals surface area contributed by atoms with E-state index in [1.54, 1.807) is 4.90 Å². The number of nitrogen functional groups attached to an aromatic ring is 1. The number of fused-ring (bicyclic) bond motifs is 1. The molecule has 0 amide bonds. The van der Waals surface area contributed by atoms with Gasteiger partial charge < -0.3 is 25.4 Å². The minimum absolute atomic E-state index is 0. The summed E-state index contributed by atoms with van der Waals surface area (Å²) < 4.78 is 10.9. The maximum atomic E-state index is 11.7. The number of anilines is 3. The Balaban J connectivity index is 0.00000110. The van der Waals surface area contributed by atoms with Crippen LogP contribution in [0.15, 0.2) is 4.79 Å². The van der Waals surface area contributed by atoms with Gasteiger partial charge >= 0.3 is 0 Å². The summed E-state index contributed by atoms with van der Waals surface area (Å²) in [6.07, 6.45) is -0.634. The smallest absolute Gasteiger partial charge is 0.277 e. The molecule has 0 spiro atoms. The molecule has 1 fully saturated rings. The van der Waals surface area contributed by atoms with Crippen LogP contribution in [0.3, 0.4) is 0 Å². The fourth-order valence-corrected chi connectivity index (χ4v) is 2.24. The molecule has 2 aliphatic rings. The van der Waals surface area contributed by atoms with Gasteiger partial charge in [0.05, 0.1) is 32.5 Å². The second-order valence-electron chi connectivity index (χ2n) is 4.46. The summed E-state index contributed by atoms with van der Waals surface area (Å²) in [5.74, 6) is 0.508. The first-order chi connectivity index (χ1) is 9.15. The molecule has 3 rings (SSSR count). The predicted molar refractivity (Wildman–Crippen MR) is 83.3 cm³/mol. The van der Waals surface area contributed by atoms with Crippen LogP contribution in [0, 0.1) is 0 Å². The minimum atomic E-state index is -0.532. The van der Waals surface area contributed by atoms with E-state index >= 15 is 0 Å². The second-order valence-corrected chi connectivity index (χ2v) is 4.46. The Bertz CT molecular complexity index is 536. The van der Waals surface area contributed by atoms with Gasteiger partial charge in [-0.2, -0.15) is 4.98 Å². The first-order valence-corrected chi connectivity index (χ1v) is 6.03. The van der Waals surface area contributed by atoms with Gasteiger partial charge in [-0.1, -0.05) is 0 Å². The second kappa shape index (κ2) is 7.14. The van der Waals surface area contributed by atoms with Crippen molar-refractivity contribution in [2.24, 2.45) is 5.73 Å². The van der Waals surface area contributed by atoms with Crippen molar-refractivity contribution in [2.45, 2.75) is 12.4 Å². The highest BCUT2D eigenvalue weighted by molar-refractivity contribution is 5.85. The lowest BCUT2D eigenvalue weighted by Crippen LogP contribution is -2.49. The zero-order valence-electron chi connectivity index (χ0n) is 11.1. The molecule has 0 bridgehead atoms. The molecule has 0 radical (unpaired) electrons. The molecule has 6 N–H and O–H groups in total. The zero-order valence-corrected chi connectivity index (χ0v) is 12.7. The van der Waals surface area contributed by atoms with Crippen molar-refractivity contribution in [1.82, 2.24) is 9.97 Å². The topological polar surface area (TPSA) is 132 Å². The van der Waals surface area contributed by atoms with Crippen LogP contribution in [-0.4, -0.2) is 48.7 Å². The number of aromatic amines is 1. The van der Waals surface area contributed by atoms with Crippen molar-refractivity contribution in [3.8, 4) is 0 Å². The van der Waals surface area contributed by atoms with Crippen molar-refractivity contribution in [3.05, 3.63) is 10.4 Å². The highest BCUT2D eigenvalue weighted by atomic mass is 35.5. The quantitative estimate of drug-likeness (QED) is 0.543. The lowest BCUT2D eigenvalue weighted by molar-refractivity contribution is -0.0843. The van der Waals surface area contributed by atoms with E-state index in [1.807, 2.05) is 0 Å². The number of hydrogen-bond donors (Lipinski definition) is 4. The van der Waals surface area contributed by atoms with Gasteiger partial charge in [-0.3, -0.25) is 15.5 Å². The summed E-state index contributed by atoms with van der Waals surface area (Å²) in [4.78, 5) is 20.0. The molecule has 2 aliphatic heterocycles. The number of nitrogens with two attached hydrogens (primary N) is 2. The number of H-pyrrole nitrogens is 1. The summed E-state index contributed by atoms with van der Waals surface area (Å²) >= 11 is 0. The summed E-state index contributed by atoms with van der Waals surface area (Å²) in [5.41, 5.74) is 11.5. The van der Waals surface area contributed by atoms with Gasteiger partial charge in [0.1, 0.15) is 5.69 Å². The normalized spacial score (nSPS) is 23.6. The Morgan fingerprint density at radius 1 is 1.38 bits per heavy atom. The monoisotopic (exact) mass is 340 g/mol. The van der Waals surface area contributed by atoms with E-state index in [4.69, 9.17) is 20.9 Å². The highest BCUT2D eigenvalue weighted by Gasteiger charge is 2.32. The fourth-order valence-electron chi connectivity index (χ4n) is 2.24. The SMILES string of the molecule is Cl.Cl.Nc1nc2c(c(=O)[nH]1)NC(N)N2CC1COCCO1. The van der Waals surface area contributed by atoms with Crippen LogP contribution in [0.4, 0.5) is 17.5 Å². The van der Waals surface area contributed by atoms with Gasteiger partial charge in [0.2, 0.25) is 5.95 Å². The van der Waals surface area contributed by atoms with Crippen molar-refractivity contribution >= 4 is 42.3 Å². The molecule has 9 nitrogen and oxygen atoms in total. The lowest BCUT2D eigenvalue weighted by Gasteiger charge is -2.30. The third kappa shape index (κ3) is 3.50. The molecule has 11 heteroatoms.